The highest BCUT2D eigenvalue weighted by molar-refractivity contribution is 5.43. The summed E-state index contributed by atoms with van der Waals surface area (Å²) < 4.78 is 10.9. The Bertz CT molecular complexity index is 558. The van der Waals surface area contributed by atoms with Gasteiger partial charge in [-0.3, -0.25) is 5.84 Å². The van der Waals surface area contributed by atoms with E-state index in [0.29, 0.717) is 6.61 Å². The van der Waals surface area contributed by atoms with Crippen molar-refractivity contribution in [3.63, 3.8) is 0 Å². The van der Waals surface area contributed by atoms with Gasteiger partial charge in [-0.05, 0) is 30.7 Å². The van der Waals surface area contributed by atoms with Crippen LogP contribution in [0, 0.1) is 0 Å². The van der Waals surface area contributed by atoms with Gasteiger partial charge in [-0.1, -0.05) is 30.3 Å². The third-order valence-corrected chi connectivity index (χ3v) is 3.12. The van der Waals surface area contributed by atoms with Gasteiger partial charge in [-0.25, -0.2) is 5.43 Å². The lowest BCUT2D eigenvalue weighted by Crippen LogP contribution is -2.29. The molecule has 4 nitrogen and oxygen atoms in total. The van der Waals surface area contributed by atoms with Gasteiger partial charge in [0.2, 0.25) is 0 Å². The van der Waals surface area contributed by atoms with E-state index in [9.17, 15) is 0 Å². The summed E-state index contributed by atoms with van der Waals surface area (Å²) >= 11 is 0. The molecule has 0 aromatic heterocycles. The van der Waals surface area contributed by atoms with Gasteiger partial charge in [0.15, 0.2) is 0 Å². The molecule has 0 heterocycles. The molecule has 20 heavy (non-hydrogen) atoms. The summed E-state index contributed by atoms with van der Waals surface area (Å²) in [5.74, 6) is 7.37. The maximum atomic E-state index is 5.74. The van der Waals surface area contributed by atoms with Crippen molar-refractivity contribution in [3.05, 3.63) is 59.7 Å². The number of ether oxygens (including phenoxy) is 2. The molecule has 4 heteroatoms. The lowest BCUT2D eigenvalue weighted by molar-refractivity contribution is 0.339. The van der Waals surface area contributed by atoms with Gasteiger partial charge < -0.3 is 9.47 Å². The average molecular weight is 272 g/mol. The molecule has 2 aromatic rings. The van der Waals surface area contributed by atoms with Gasteiger partial charge in [0.05, 0.1) is 19.8 Å². The lowest BCUT2D eigenvalue weighted by atomic mass is 9.98. The quantitative estimate of drug-likeness (QED) is 0.627. The van der Waals surface area contributed by atoms with Crippen molar-refractivity contribution < 1.29 is 9.47 Å². The molecule has 0 fully saturated rings. The molecule has 0 amide bonds. The molecule has 0 aliphatic rings. The zero-order chi connectivity index (χ0) is 14.4. The summed E-state index contributed by atoms with van der Waals surface area (Å²) in [4.78, 5) is 0. The minimum absolute atomic E-state index is 0.147. The summed E-state index contributed by atoms with van der Waals surface area (Å²) in [5, 5.41) is 0. The molecule has 0 saturated carbocycles. The van der Waals surface area contributed by atoms with Gasteiger partial charge >= 0.3 is 0 Å². The second kappa shape index (κ2) is 6.93. The van der Waals surface area contributed by atoms with Crippen molar-refractivity contribution in [3.8, 4) is 11.5 Å². The first-order valence-corrected chi connectivity index (χ1v) is 6.62. The van der Waals surface area contributed by atoms with E-state index in [-0.39, 0.29) is 6.04 Å². The van der Waals surface area contributed by atoms with Crippen LogP contribution in [0.3, 0.4) is 0 Å². The topological polar surface area (TPSA) is 56.5 Å². The Morgan fingerprint density at radius 2 is 1.95 bits per heavy atom. The van der Waals surface area contributed by atoms with E-state index in [0.717, 1.165) is 22.6 Å². The molecule has 1 unspecified atom stereocenters. The van der Waals surface area contributed by atoms with E-state index in [4.69, 9.17) is 15.3 Å². The molecule has 1 atom stereocenters. The van der Waals surface area contributed by atoms with Crippen LogP contribution in [0.5, 0.6) is 11.5 Å². The first kappa shape index (κ1) is 14.4. The molecule has 0 spiro atoms. The summed E-state index contributed by atoms with van der Waals surface area (Å²) in [5.41, 5.74) is 4.87. The molecule has 0 radical (unpaired) electrons. The van der Waals surface area contributed by atoms with Crippen LogP contribution in [0.4, 0.5) is 0 Å². The molecule has 106 valence electrons. The van der Waals surface area contributed by atoms with E-state index in [1.54, 1.807) is 7.11 Å². The second-order valence-corrected chi connectivity index (χ2v) is 4.35. The van der Waals surface area contributed by atoms with E-state index in [1.807, 2.05) is 55.5 Å². The monoisotopic (exact) mass is 272 g/mol. The van der Waals surface area contributed by atoms with Gasteiger partial charge in [-0.2, -0.15) is 0 Å². The van der Waals surface area contributed by atoms with E-state index in [2.05, 4.69) is 5.43 Å². The number of nitrogens with one attached hydrogen (secondary N) is 1. The van der Waals surface area contributed by atoms with E-state index >= 15 is 0 Å². The number of hydrogen-bond donors (Lipinski definition) is 2. The van der Waals surface area contributed by atoms with Crippen molar-refractivity contribution >= 4 is 0 Å². The average Bonchev–Trinajstić information content (AvgIpc) is 2.49. The van der Waals surface area contributed by atoms with Crippen LogP contribution in [0.1, 0.15) is 24.1 Å². The highest BCUT2D eigenvalue weighted by atomic mass is 16.5. The largest absolute Gasteiger partial charge is 0.496 e. The van der Waals surface area contributed by atoms with Crippen molar-refractivity contribution in [2.24, 2.45) is 5.84 Å². The summed E-state index contributed by atoms with van der Waals surface area (Å²) in [6, 6.07) is 15.6. The van der Waals surface area contributed by atoms with Crippen LogP contribution < -0.4 is 20.7 Å². The number of para-hydroxylation sites is 1. The normalized spacial score (nSPS) is 11.9. The Labute approximate surface area is 119 Å². The van der Waals surface area contributed by atoms with Crippen molar-refractivity contribution in [2.75, 3.05) is 13.7 Å². The third kappa shape index (κ3) is 3.10. The molecule has 2 aromatic carbocycles. The number of hydrazine groups is 1. The summed E-state index contributed by atoms with van der Waals surface area (Å²) in [6.07, 6.45) is 0. The second-order valence-electron chi connectivity index (χ2n) is 4.35. The molecule has 0 aliphatic carbocycles. The molecule has 0 bridgehead atoms. The number of nitrogens with two attached hydrogens (primary N) is 1. The summed E-state index contributed by atoms with van der Waals surface area (Å²) in [7, 11) is 1.66. The van der Waals surface area contributed by atoms with E-state index in [1.165, 1.54) is 0 Å². The minimum atomic E-state index is -0.147. The molecule has 2 rings (SSSR count). The van der Waals surface area contributed by atoms with Crippen LogP contribution in [0.2, 0.25) is 0 Å². The lowest BCUT2D eigenvalue weighted by Gasteiger charge is -2.20. The van der Waals surface area contributed by atoms with Crippen LogP contribution in [-0.2, 0) is 0 Å². The smallest absolute Gasteiger partial charge is 0.124 e. The van der Waals surface area contributed by atoms with Gasteiger partial charge in [0.1, 0.15) is 11.5 Å². The van der Waals surface area contributed by atoms with Crippen molar-refractivity contribution in [1.29, 1.82) is 0 Å². The highest BCUT2D eigenvalue weighted by Gasteiger charge is 2.16. The minimum Gasteiger partial charge on any atom is -0.496 e. The zero-order valence-electron chi connectivity index (χ0n) is 11.8. The number of rotatable bonds is 6. The predicted octanol–water partition coefficient (Wildman–Crippen LogP) is 2.65. The third-order valence-electron chi connectivity index (χ3n) is 3.12. The number of methoxy groups -OCH3 is 1. The van der Waals surface area contributed by atoms with Gasteiger partial charge in [0, 0.05) is 5.56 Å². The predicted molar refractivity (Wildman–Crippen MR) is 79.8 cm³/mol. The molecule has 0 aliphatic heterocycles. The van der Waals surface area contributed by atoms with Gasteiger partial charge in [-0.15, -0.1) is 0 Å². The Kier molecular flexibility index (Phi) is 4.98. The fraction of sp³-hybridized carbons (Fsp3) is 0.250. The molecule has 0 saturated heterocycles. The van der Waals surface area contributed by atoms with Crippen molar-refractivity contribution in [1.82, 2.24) is 5.43 Å². The molecular weight excluding hydrogens is 252 g/mol. The maximum Gasteiger partial charge on any atom is 0.124 e. The van der Waals surface area contributed by atoms with Crippen LogP contribution in [0.15, 0.2) is 48.5 Å². The standard InChI is InChI=1S/C16H20N2O2/c1-3-20-13-8-6-7-12(11-13)16(18-17)14-9-4-5-10-15(14)19-2/h4-11,16,18H,3,17H2,1-2H3. The van der Waals surface area contributed by atoms with Crippen molar-refractivity contribution in [2.45, 2.75) is 13.0 Å². The number of benzene rings is 2. The first-order valence-electron chi connectivity index (χ1n) is 6.62. The summed E-state index contributed by atoms with van der Waals surface area (Å²) in [6.45, 7) is 2.60. The number of hydrogen-bond acceptors (Lipinski definition) is 4. The highest BCUT2D eigenvalue weighted by Crippen LogP contribution is 2.30. The Morgan fingerprint density at radius 3 is 2.65 bits per heavy atom. The SMILES string of the molecule is CCOc1cccc(C(NN)c2ccccc2OC)c1. The molecular formula is C16H20N2O2. The van der Waals surface area contributed by atoms with Crippen LogP contribution in [0.25, 0.3) is 0 Å². The maximum absolute atomic E-state index is 5.74. The fourth-order valence-corrected chi connectivity index (χ4v) is 2.22. The van der Waals surface area contributed by atoms with E-state index < -0.39 is 0 Å². The Hall–Kier alpha value is -2.04. The van der Waals surface area contributed by atoms with Crippen LogP contribution in [-0.4, -0.2) is 13.7 Å². The zero-order valence-corrected chi connectivity index (χ0v) is 11.8. The Morgan fingerprint density at radius 1 is 1.15 bits per heavy atom. The first-order chi connectivity index (χ1) is 9.80. The fourth-order valence-electron chi connectivity index (χ4n) is 2.22. The Balaban J connectivity index is 2.39. The molecule has 3 N–H and O–H groups in total. The van der Waals surface area contributed by atoms with Crippen LogP contribution >= 0.6 is 0 Å². The van der Waals surface area contributed by atoms with Gasteiger partial charge in [0.25, 0.3) is 0 Å².